The highest BCUT2D eigenvalue weighted by molar-refractivity contribution is 5.91. The van der Waals surface area contributed by atoms with Crippen LogP contribution >= 0.6 is 0 Å². The average Bonchev–Trinajstić information content (AvgIpc) is 3.51. The molecule has 0 radical (unpaired) electrons. The van der Waals surface area contributed by atoms with Gasteiger partial charge in [0.2, 0.25) is 5.91 Å². The van der Waals surface area contributed by atoms with Crippen molar-refractivity contribution in [2.75, 3.05) is 18.8 Å². The highest BCUT2D eigenvalue weighted by Crippen LogP contribution is 2.35. The molecule has 1 aliphatic heterocycles. The number of imidazole rings is 1. The van der Waals surface area contributed by atoms with Crippen molar-refractivity contribution in [3.8, 4) is 11.4 Å². The molecule has 7 heteroatoms. The number of hydrogen-bond donors (Lipinski definition) is 2. The molecule has 1 amide bonds. The van der Waals surface area contributed by atoms with Crippen LogP contribution in [0, 0.1) is 0 Å². The summed E-state index contributed by atoms with van der Waals surface area (Å²) in [5.74, 6) is 1.88. The molecule has 1 fully saturated rings. The van der Waals surface area contributed by atoms with Gasteiger partial charge in [0.15, 0.2) is 0 Å². The van der Waals surface area contributed by atoms with Gasteiger partial charge in [0, 0.05) is 42.3 Å². The number of likely N-dealkylation sites (tertiary alicyclic amines) is 1. The first kappa shape index (κ1) is 22.3. The highest BCUT2D eigenvalue weighted by atomic mass is 16.2. The van der Waals surface area contributed by atoms with Crippen LogP contribution in [0.4, 0.5) is 5.82 Å². The zero-order chi connectivity index (χ0) is 24.6. The van der Waals surface area contributed by atoms with Crippen molar-refractivity contribution < 1.29 is 4.79 Å². The Kier molecular flexibility index (Phi) is 5.68. The fraction of sp³-hybridized carbons (Fsp3) is 0.276. The van der Waals surface area contributed by atoms with Crippen LogP contribution in [0.3, 0.4) is 0 Å². The number of benzene rings is 2. The minimum Gasteiger partial charge on any atom is -0.382 e. The zero-order valence-corrected chi connectivity index (χ0v) is 20.4. The molecule has 0 spiro atoms. The number of para-hydroxylation sites is 1. The lowest BCUT2D eigenvalue weighted by Gasteiger charge is -2.31. The predicted molar refractivity (Wildman–Crippen MR) is 143 cm³/mol. The standard InChI is InChI=1S/C29H30N6O/c1-2-19-6-5-7-20(16-19)17-25(36)34-13-10-21(11-14-34)29-33-26(27-28(30)31-12-15-35(27)29)24-18-22-8-3-4-9-23(22)32-24/h3-9,12,15-16,18,21,32H,2,10-11,13-14,17H2,1H3,(H2,30,31). The van der Waals surface area contributed by atoms with E-state index in [0.717, 1.165) is 71.5 Å². The van der Waals surface area contributed by atoms with Gasteiger partial charge in [-0.2, -0.15) is 0 Å². The van der Waals surface area contributed by atoms with Crippen LogP contribution in [0.15, 0.2) is 67.0 Å². The number of piperidine rings is 1. The third-order valence-corrected chi connectivity index (χ3v) is 7.36. The van der Waals surface area contributed by atoms with E-state index in [1.165, 1.54) is 5.56 Å². The Hall–Kier alpha value is -4.13. The molecule has 1 aliphatic rings. The minimum atomic E-state index is 0.196. The maximum Gasteiger partial charge on any atom is 0.226 e. The first-order valence-electron chi connectivity index (χ1n) is 12.7. The molecule has 6 rings (SSSR count). The van der Waals surface area contributed by atoms with Gasteiger partial charge in [-0.3, -0.25) is 9.20 Å². The van der Waals surface area contributed by atoms with E-state index in [2.05, 4.69) is 51.6 Å². The van der Waals surface area contributed by atoms with Crippen molar-refractivity contribution in [2.24, 2.45) is 0 Å². The van der Waals surface area contributed by atoms with E-state index in [0.29, 0.717) is 12.2 Å². The number of nitrogen functional groups attached to an aromatic ring is 1. The van der Waals surface area contributed by atoms with Gasteiger partial charge < -0.3 is 15.6 Å². The molecule has 0 aliphatic carbocycles. The lowest BCUT2D eigenvalue weighted by molar-refractivity contribution is -0.131. The van der Waals surface area contributed by atoms with E-state index < -0.39 is 0 Å². The minimum absolute atomic E-state index is 0.196. The summed E-state index contributed by atoms with van der Waals surface area (Å²) in [6, 6.07) is 18.7. The average molecular weight is 479 g/mol. The SMILES string of the molecule is CCc1cccc(CC(=O)N2CCC(c3nc(-c4cc5ccccc5[nH]4)c4c(N)nccn34)CC2)c1. The van der Waals surface area contributed by atoms with Gasteiger partial charge in [0.1, 0.15) is 22.9 Å². The summed E-state index contributed by atoms with van der Waals surface area (Å²) >= 11 is 0. The summed E-state index contributed by atoms with van der Waals surface area (Å²) in [4.78, 5) is 28.0. The first-order valence-corrected chi connectivity index (χ1v) is 12.7. The monoisotopic (exact) mass is 478 g/mol. The second-order valence-corrected chi connectivity index (χ2v) is 9.63. The van der Waals surface area contributed by atoms with Gasteiger partial charge in [0.25, 0.3) is 0 Å². The summed E-state index contributed by atoms with van der Waals surface area (Å²) in [5, 5.41) is 1.13. The molecule has 0 saturated carbocycles. The number of hydrogen-bond acceptors (Lipinski definition) is 4. The molecule has 5 aromatic rings. The van der Waals surface area contributed by atoms with E-state index in [1.807, 2.05) is 35.4 Å². The summed E-state index contributed by atoms with van der Waals surface area (Å²) < 4.78 is 2.08. The van der Waals surface area contributed by atoms with Crippen LogP contribution < -0.4 is 5.73 Å². The van der Waals surface area contributed by atoms with E-state index in [4.69, 9.17) is 10.7 Å². The summed E-state index contributed by atoms with van der Waals surface area (Å²) in [6.07, 6.45) is 6.84. The van der Waals surface area contributed by atoms with Crippen LogP contribution in [0.5, 0.6) is 0 Å². The van der Waals surface area contributed by atoms with Crippen molar-refractivity contribution in [1.82, 2.24) is 24.3 Å². The number of aryl methyl sites for hydroxylation is 1. The van der Waals surface area contributed by atoms with Crippen molar-refractivity contribution in [2.45, 2.75) is 38.5 Å². The molecule has 4 heterocycles. The molecule has 7 nitrogen and oxygen atoms in total. The lowest BCUT2D eigenvalue weighted by atomic mass is 9.95. The molecular formula is C29H30N6O. The van der Waals surface area contributed by atoms with Gasteiger partial charge in [-0.25, -0.2) is 9.97 Å². The van der Waals surface area contributed by atoms with Crippen molar-refractivity contribution in [3.63, 3.8) is 0 Å². The molecule has 0 atom stereocenters. The number of amides is 1. The summed E-state index contributed by atoms with van der Waals surface area (Å²) in [7, 11) is 0. The summed E-state index contributed by atoms with van der Waals surface area (Å²) in [5.41, 5.74) is 12.3. The predicted octanol–water partition coefficient (Wildman–Crippen LogP) is 4.97. The van der Waals surface area contributed by atoms with Gasteiger partial charge in [-0.15, -0.1) is 0 Å². The Morgan fingerprint density at radius 3 is 2.69 bits per heavy atom. The molecule has 182 valence electrons. The van der Waals surface area contributed by atoms with Crippen LogP contribution in [-0.2, 0) is 17.6 Å². The number of nitrogens with one attached hydrogen (secondary N) is 1. The fourth-order valence-corrected chi connectivity index (χ4v) is 5.40. The Balaban J connectivity index is 1.24. The van der Waals surface area contributed by atoms with E-state index >= 15 is 0 Å². The number of fused-ring (bicyclic) bond motifs is 2. The van der Waals surface area contributed by atoms with Crippen molar-refractivity contribution in [3.05, 3.63) is 83.9 Å². The quantitative estimate of drug-likeness (QED) is 0.373. The first-order chi connectivity index (χ1) is 17.6. The van der Waals surface area contributed by atoms with E-state index in [-0.39, 0.29) is 11.8 Å². The third kappa shape index (κ3) is 4.00. The van der Waals surface area contributed by atoms with Gasteiger partial charge in [-0.1, -0.05) is 49.4 Å². The van der Waals surface area contributed by atoms with Crippen LogP contribution in [0.1, 0.15) is 42.6 Å². The number of nitrogens with two attached hydrogens (primary N) is 1. The molecule has 0 bridgehead atoms. The number of nitrogens with zero attached hydrogens (tertiary/aromatic N) is 4. The zero-order valence-electron chi connectivity index (χ0n) is 20.4. The Bertz CT molecular complexity index is 1520. The van der Waals surface area contributed by atoms with Crippen LogP contribution in [0.25, 0.3) is 27.8 Å². The number of rotatable bonds is 5. The second-order valence-electron chi connectivity index (χ2n) is 9.63. The van der Waals surface area contributed by atoms with Crippen molar-refractivity contribution >= 4 is 28.1 Å². The molecule has 36 heavy (non-hydrogen) atoms. The largest absolute Gasteiger partial charge is 0.382 e. The number of carbonyl (C=O) groups is 1. The van der Waals surface area contributed by atoms with Crippen molar-refractivity contribution in [1.29, 1.82) is 0 Å². The van der Waals surface area contributed by atoms with Gasteiger partial charge in [-0.05, 0) is 42.5 Å². The molecule has 1 saturated heterocycles. The van der Waals surface area contributed by atoms with Gasteiger partial charge >= 0.3 is 0 Å². The number of aromatic amines is 1. The molecule has 3 N–H and O–H groups in total. The smallest absolute Gasteiger partial charge is 0.226 e. The number of carbonyl (C=O) groups excluding carboxylic acids is 1. The highest BCUT2D eigenvalue weighted by Gasteiger charge is 2.28. The fourth-order valence-electron chi connectivity index (χ4n) is 5.40. The number of aromatic nitrogens is 4. The third-order valence-electron chi connectivity index (χ3n) is 7.36. The molecule has 0 unspecified atom stereocenters. The normalized spacial score (nSPS) is 14.6. The summed E-state index contributed by atoms with van der Waals surface area (Å²) in [6.45, 7) is 3.60. The molecular weight excluding hydrogens is 448 g/mol. The van der Waals surface area contributed by atoms with E-state index in [9.17, 15) is 4.79 Å². The Morgan fingerprint density at radius 2 is 1.89 bits per heavy atom. The van der Waals surface area contributed by atoms with E-state index in [1.54, 1.807) is 6.20 Å². The molecule has 3 aromatic heterocycles. The number of H-pyrrole nitrogens is 1. The van der Waals surface area contributed by atoms with Crippen LogP contribution in [-0.4, -0.2) is 43.2 Å². The van der Waals surface area contributed by atoms with Crippen LogP contribution in [0.2, 0.25) is 0 Å². The maximum atomic E-state index is 13.0. The van der Waals surface area contributed by atoms with Gasteiger partial charge in [0.05, 0.1) is 12.1 Å². The topological polar surface area (TPSA) is 92.3 Å². The second kappa shape index (κ2) is 9.15. The maximum absolute atomic E-state index is 13.0. The Labute approximate surface area is 210 Å². The molecule has 2 aromatic carbocycles. The lowest BCUT2D eigenvalue weighted by Crippen LogP contribution is -2.39. The Morgan fingerprint density at radius 1 is 1.08 bits per heavy atom. The number of anilines is 1.